The molecule has 1 saturated carbocycles. The second-order valence-electron chi connectivity index (χ2n) is 6.71. The first-order chi connectivity index (χ1) is 13.6. The molecule has 0 bridgehead atoms. The van der Waals surface area contributed by atoms with Crippen molar-refractivity contribution in [2.24, 2.45) is 5.92 Å². The molecular formula is C20H23F3O6. The Balaban J connectivity index is 2.33. The van der Waals surface area contributed by atoms with Gasteiger partial charge in [0.25, 0.3) is 0 Å². The van der Waals surface area contributed by atoms with Gasteiger partial charge in [-0.15, -0.1) is 0 Å². The number of esters is 1. The molecule has 0 aliphatic heterocycles. The Kier molecular flexibility index (Phi) is 7.29. The third kappa shape index (κ3) is 5.50. The van der Waals surface area contributed by atoms with Gasteiger partial charge in [0.15, 0.2) is 17.6 Å². The van der Waals surface area contributed by atoms with Crippen LogP contribution < -0.4 is 4.74 Å². The number of rotatable bonds is 7. The molecule has 160 valence electrons. The SMILES string of the molecule is CCCC(=O)OC1C(=O)CC(O)C1/C(Oc1ccc(C(F)(F)F)cc1)=C(\O)CC. The molecule has 1 fully saturated rings. The fraction of sp³-hybridized carbons (Fsp3) is 0.500. The minimum absolute atomic E-state index is 0.0295. The van der Waals surface area contributed by atoms with Crippen LogP contribution in [0.2, 0.25) is 0 Å². The average molecular weight is 416 g/mol. The molecule has 0 amide bonds. The molecular weight excluding hydrogens is 393 g/mol. The van der Waals surface area contributed by atoms with Crippen LogP contribution in [0, 0.1) is 5.92 Å². The second kappa shape index (κ2) is 9.30. The van der Waals surface area contributed by atoms with Gasteiger partial charge in [-0.1, -0.05) is 13.8 Å². The molecule has 1 aliphatic rings. The largest absolute Gasteiger partial charge is 0.509 e. The van der Waals surface area contributed by atoms with Crippen LogP contribution in [-0.2, 0) is 20.5 Å². The molecule has 29 heavy (non-hydrogen) atoms. The molecule has 0 radical (unpaired) electrons. The van der Waals surface area contributed by atoms with Gasteiger partial charge < -0.3 is 19.7 Å². The predicted molar refractivity (Wildman–Crippen MR) is 95.9 cm³/mol. The second-order valence-corrected chi connectivity index (χ2v) is 6.71. The first kappa shape index (κ1) is 22.7. The van der Waals surface area contributed by atoms with Crippen LogP contribution >= 0.6 is 0 Å². The quantitative estimate of drug-likeness (QED) is 0.517. The minimum Gasteiger partial charge on any atom is -0.509 e. The third-order valence-electron chi connectivity index (χ3n) is 4.51. The Morgan fingerprint density at radius 1 is 1.21 bits per heavy atom. The van der Waals surface area contributed by atoms with E-state index in [4.69, 9.17) is 9.47 Å². The molecule has 1 aromatic rings. The van der Waals surface area contributed by atoms with Crippen LogP contribution in [0.4, 0.5) is 13.2 Å². The van der Waals surface area contributed by atoms with E-state index in [9.17, 15) is 33.0 Å². The maximum absolute atomic E-state index is 12.7. The van der Waals surface area contributed by atoms with Crippen LogP contribution in [0.5, 0.6) is 5.75 Å². The van der Waals surface area contributed by atoms with Gasteiger partial charge in [-0.25, -0.2) is 0 Å². The summed E-state index contributed by atoms with van der Waals surface area (Å²) < 4.78 is 49.0. The number of ether oxygens (including phenoxy) is 2. The van der Waals surface area contributed by atoms with Crippen molar-refractivity contribution in [3.8, 4) is 5.75 Å². The van der Waals surface area contributed by atoms with E-state index in [-0.39, 0.29) is 36.5 Å². The summed E-state index contributed by atoms with van der Waals surface area (Å²) in [6.07, 6.45) is -6.80. The van der Waals surface area contributed by atoms with Crippen LogP contribution in [0.15, 0.2) is 35.8 Å². The van der Waals surface area contributed by atoms with E-state index >= 15 is 0 Å². The maximum atomic E-state index is 12.7. The van der Waals surface area contributed by atoms with Crippen molar-refractivity contribution in [3.63, 3.8) is 0 Å². The number of carbonyl (C=O) groups is 2. The van der Waals surface area contributed by atoms with Crippen LogP contribution in [-0.4, -0.2) is 34.2 Å². The molecule has 0 heterocycles. The maximum Gasteiger partial charge on any atom is 0.416 e. The minimum atomic E-state index is -4.52. The Bertz CT molecular complexity index is 769. The van der Waals surface area contributed by atoms with Gasteiger partial charge in [-0.05, 0) is 30.7 Å². The number of carbonyl (C=O) groups excluding carboxylic acids is 2. The number of hydrogen-bond acceptors (Lipinski definition) is 6. The highest BCUT2D eigenvalue weighted by Crippen LogP contribution is 2.36. The topological polar surface area (TPSA) is 93.1 Å². The zero-order valence-electron chi connectivity index (χ0n) is 16.0. The van der Waals surface area contributed by atoms with Crippen molar-refractivity contribution in [2.75, 3.05) is 0 Å². The zero-order chi connectivity index (χ0) is 21.8. The molecule has 2 N–H and O–H groups in total. The van der Waals surface area contributed by atoms with E-state index in [0.717, 1.165) is 24.3 Å². The molecule has 1 aromatic carbocycles. The van der Waals surface area contributed by atoms with Gasteiger partial charge >= 0.3 is 12.1 Å². The molecule has 3 unspecified atom stereocenters. The molecule has 9 heteroatoms. The number of allylic oxidation sites excluding steroid dienone is 1. The van der Waals surface area contributed by atoms with Crippen LogP contribution in [0.1, 0.15) is 45.1 Å². The monoisotopic (exact) mass is 416 g/mol. The summed E-state index contributed by atoms with van der Waals surface area (Å²) in [7, 11) is 0. The van der Waals surface area contributed by atoms with E-state index in [1.807, 2.05) is 0 Å². The predicted octanol–water partition coefficient (Wildman–Crippen LogP) is 3.93. The van der Waals surface area contributed by atoms with E-state index < -0.39 is 41.6 Å². The summed E-state index contributed by atoms with van der Waals surface area (Å²) in [5.74, 6) is -2.86. The average Bonchev–Trinajstić information content (AvgIpc) is 2.92. The Morgan fingerprint density at radius 3 is 2.34 bits per heavy atom. The summed E-state index contributed by atoms with van der Waals surface area (Å²) in [4.78, 5) is 24.1. The lowest BCUT2D eigenvalue weighted by Gasteiger charge is -2.25. The van der Waals surface area contributed by atoms with Crippen molar-refractivity contribution in [2.45, 2.75) is 57.9 Å². The molecule has 0 saturated heterocycles. The van der Waals surface area contributed by atoms with Crippen molar-refractivity contribution in [3.05, 3.63) is 41.3 Å². The highest BCUT2D eigenvalue weighted by atomic mass is 19.4. The number of Topliss-reactive ketones (excluding diaryl/α,β-unsaturated/α-hetero) is 1. The van der Waals surface area contributed by atoms with Gasteiger partial charge in [0.1, 0.15) is 11.5 Å². The fourth-order valence-electron chi connectivity index (χ4n) is 3.04. The summed E-state index contributed by atoms with van der Waals surface area (Å²) in [6, 6.07) is 3.75. The van der Waals surface area contributed by atoms with Crippen molar-refractivity contribution >= 4 is 11.8 Å². The smallest absolute Gasteiger partial charge is 0.416 e. The lowest BCUT2D eigenvalue weighted by molar-refractivity contribution is -0.156. The summed E-state index contributed by atoms with van der Waals surface area (Å²) in [5, 5.41) is 20.6. The number of alkyl halides is 3. The number of ketones is 1. The van der Waals surface area contributed by atoms with Gasteiger partial charge in [-0.3, -0.25) is 9.59 Å². The molecule has 0 aromatic heterocycles. The number of aliphatic hydroxyl groups excluding tert-OH is 2. The van der Waals surface area contributed by atoms with Gasteiger partial charge in [0.2, 0.25) is 0 Å². The van der Waals surface area contributed by atoms with E-state index in [1.54, 1.807) is 13.8 Å². The number of benzene rings is 1. The Hall–Kier alpha value is -2.55. The zero-order valence-corrected chi connectivity index (χ0v) is 16.0. The summed E-state index contributed by atoms with van der Waals surface area (Å²) in [5.41, 5.74) is -0.877. The van der Waals surface area contributed by atoms with Gasteiger partial charge in [0, 0.05) is 19.3 Å². The van der Waals surface area contributed by atoms with Crippen molar-refractivity contribution < 1.29 is 42.4 Å². The van der Waals surface area contributed by atoms with Gasteiger partial charge in [-0.2, -0.15) is 13.2 Å². The number of hydrogen-bond donors (Lipinski definition) is 2. The normalized spacial score (nSPS) is 23.0. The summed E-state index contributed by atoms with van der Waals surface area (Å²) >= 11 is 0. The van der Waals surface area contributed by atoms with Gasteiger partial charge in [0.05, 0.1) is 17.6 Å². The lowest BCUT2D eigenvalue weighted by Crippen LogP contribution is -2.34. The molecule has 3 atom stereocenters. The standard InChI is InChI=1S/C20H23F3O6/c1-3-5-16(27)29-19-15(26)10-14(25)17(19)18(13(24)4-2)28-12-8-6-11(7-9-12)20(21,22)23/h6-9,14,17,19,24-25H,3-5,10H2,1-2H3/b18-13+. The molecule has 0 spiro atoms. The lowest BCUT2D eigenvalue weighted by atomic mass is 9.98. The molecule has 1 aliphatic carbocycles. The molecule has 2 rings (SSSR count). The van der Waals surface area contributed by atoms with E-state index in [0.29, 0.717) is 6.42 Å². The van der Waals surface area contributed by atoms with E-state index in [2.05, 4.69) is 0 Å². The number of aliphatic hydroxyl groups is 2. The Labute approximate surface area is 165 Å². The fourth-order valence-corrected chi connectivity index (χ4v) is 3.04. The first-order valence-corrected chi connectivity index (χ1v) is 9.25. The highest BCUT2D eigenvalue weighted by Gasteiger charge is 2.48. The van der Waals surface area contributed by atoms with Crippen LogP contribution in [0.25, 0.3) is 0 Å². The highest BCUT2D eigenvalue weighted by molar-refractivity contribution is 5.89. The number of halogens is 3. The van der Waals surface area contributed by atoms with Crippen LogP contribution in [0.3, 0.4) is 0 Å². The third-order valence-corrected chi connectivity index (χ3v) is 4.51. The van der Waals surface area contributed by atoms with Crippen molar-refractivity contribution in [1.82, 2.24) is 0 Å². The van der Waals surface area contributed by atoms with Crippen molar-refractivity contribution in [1.29, 1.82) is 0 Å². The summed E-state index contributed by atoms with van der Waals surface area (Å²) in [6.45, 7) is 3.35. The first-order valence-electron chi connectivity index (χ1n) is 9.25. The Morgan fingerprint density at radius 2 is 1.83 bits per heavy atom. The van der Waals surface area contributed by atoms with E-state index in [1.165, 1.54) is 0 Å². The molecule has 6 nitrogen and oxygen atoms in total.